The summed E-state index contributed by atoms with van der Waals surface area (Å²) in [5.41, 5.74) is -0.245. The van der Waals surface area contributed by atoms with E-state index in [0.717, 1.165) is 6.07 Å². The first-order valence-electron chi connectivity index (χ1n) is 6.32. The Labute approximate surface area is 135 Å². The van der Waals surface area contributed by atoms with Crippen LogP contribution in [0.2, 0.25) is 5.02 Å². The van der Waals surface area contributed by atoms with Crippen molar-refractivity contribution < 1.29 is 17.8 Å². The first-order valence-corrected chi connectivity index (χ1v) is 8.18. The monoisotopic (exact) mass is 352 g/mol. The third-order valence-electron chi connectivity index (χ3n) is 3.07. The fourth-order valence-electron chi connectivity index (χ4n) is 2.03. The molecule has 23 heavy (non-hydrogen) atoms. The van der Waals surface area contributed by atoms with E-state index in [1.54, 1.807) is 24.3 Å². The number of rotatable bonds is 4. The van der Waals surface area contributed by atoms with Gasteiger partial charge in [-0.15, -0.1) is 0 Å². The molecule has 1 heterocycles. The van der Waals surface area contributed by atoms with Crippen LogP contribution in [0.1, 0.15) is 0 Å². The van der Waals surface area contributed by atoms with Gasteiger partial charge in [-0.2, -0.15) is 8.42 Å². The van der Waals surface area contributed by atoms with Gasteiger partial charge in [0.2, 0.25) is 5.09 Å². The maximum Gasteiger partial charge on any atom is 0.295 e. The number of nitrogens with zero attached hydrogens (tertiary/aromatic N) is 1. The van der Waals surface area contributed by atoms with Crippen molar-refractivity contribution in [2.75, 3.05) is 4.72 Å². The summed E-state index contributed by atoms with van der Waals surface area (Å²) < 4.78 is 32.2. The normalized spacial score (nSPS) is 11.5. The zero-order valence-electron chi connectivity index (χ0n) is 11.4. The standard InChI is InChI=1S/C14H9ClN2O5S/c15-10-5-6-12(17(18)19)11(8-10)16-23(20,21)14-7-9-3-1-2-4-13(9)22-14/h1-8,16H. The summed E-state index contributed by atoms with van der Waals surface area (Å²) >= 11 is 5.78. The number of hydrogen-bond acceptors (Lipinski definition) is 5. The molecule has 1 N–H and O–H groups in total. The maximum absolute atomic E-state index is 12.4. The Morgan fingerprint density at radius 1 is 1.13 bits per heavy atom. The lowest BCUT2D eigenvalue weighted by molar-refractivity contribution is -0.383. The zero-order chi connectivity index (χ0) is 16.6. The van der Waals surface area contributed by atoms with E-state index in [0.29, 0.717) is 11.0 Å². The summed E-state index contributed by atoms with van der Waals surface area (Å²) in [6, 6.07) is 11.7. The molecule has 0 unspecified atom stereocenters. The molecule has 2 aromatic carbocycles. The fraction of sp³-hybridized carbons (Fsp3) is 0. The van der Waals surface area contributed by atoms with E-state index >= 15 is 0 Å². The minimum absolute atomic E-state index is 0.165. The molecule has 0 atom stereocenters. The van der Waals surface area contributed by atoms with Gasteiger partial charge in [-0.3, -0.25) is 14.8 Å². The second kappa shape index (κ2) is 5.56. The predicted octanol–water partition coefficient (Wildman–Crippen LogP) is 3.80. The lowest BCUT2D eigenvalue weighted by Crippen LogP contribution is -2.13. The topological polar surface area (TPSA) is 102 Å². The lowest BCUT2D eigenvalue weighted by atomic mass is 10.3. The molecule has 9 heteroatoms. The molecular weight excluding hydrogens is 344 g/mol. The van der Waals surface area contributed by atoms with Crippen molar-refractivity contribution >= 4 is 44.0 Å². The number of hydrogen-bond donors (Lipinski definition) is 1. The van der Waals surface area contributed by atoms with Gasteiger partial charge in [0.1, 0.15) is 11.3 Å². The second-order valence-electron chi connectivity index (χ2n) is 4.63. The summed E-state index contributed by atoms with van der Waals surface area (Å²) in [7, 11) is -4.13. The summed E-state index contributed by atoms with van der Waals surface area (Å²) in [5.74, 6) is 0. The Hall–Kier alpha value is -2.58. The molecule has 0 radical (unpaired) electrons. The van der Waals surface area contributed by atoms with Crippen molar-refractivity contribution in [2.45, 2.75) is 5.09 Å². The number of halogens is 1. The number of anilines is 1. The highest BCUT2D eigenvalue weighted by Crippen LogP contribution is 2.31. The summed E-state index contributed by atoms with van der Waals surface area (Å²) in [6.45, 7) is 0. The van der Waals surface area contributed by atoms with Crippen LogP contribution in [0.5, 0.6) is 0 Å². The Balaban J connectivity index is 2.04. The highest BCUT2D eigenvalue weighted by atomic mass is 35.5. The molecule has 0 bridgehead atoms. The second-order valence-corrected chi connectivity index (χ2v) is 6.68. The molecule has 0 spiro atoms. The van der Waals surface area contributed by atoms with Crippen LogP contribution in [-0.2, 0) is 10.0 Å². The smallest absolute Gasteiger partial charge is 0.295 e. The van der Waals surface area contributed by atoms with Crippen molar-refractivity contribution in [3.63, 3.8) is 0 Å². The average molecular weight is 353 g/mol. The van der Waals surface area contributed by atoms with Gasteiger partial charge < -0.3 is 4.42 Å². The summed E-state index contributed by atoms with van der Waals surface area (Å²) in [4.78, 5) is 10.3. The number of nitro groups is 1. The maximum atomic E-state index is 12.4. The van der Waals surface area contributed by atoms with Crippen LogP contribution in [0.25, 0.3) is 11.0 Å². The number of sulfonamides is 1. The molecule has 7 nitrogen and oxygen atoms in total. The number of furan rings is 1. The number of nitrogens with one attached hydrogen (secondary N) is 1. The number of benzene rings is 2. The minimum Gasteiger partial charge on any atom is -0.443 e. The molecule has 0 fully saturated rings. The van der Waals surface area contributed by atoms with Gasteiger partial charge in [-0.25, -0.2) is 0 Å². The van der Waals surface area contributed by atoms with Crippen LogP contribution >= 0.6 is 11.6 Å². The van der Waals surface area contributed by atoms with Gasteiger partial charge in [-0.1, -0.05) is 29.8 Å². The van der Waals surface area contributed by atoms with Gasteiger partial charge in [0.25, 0.3) is 15.7 Å². The van der Waals surface area contributed by atoms with Crippen LogP contribution in [0.3, 0.4) is 0 Å². The van der Waals surface area contributed by atoms with Gasteiger partial charge in [-0.05, 0) is 18.2 Å². The molecule has 3 aromatic rings. The van der Waals surface area contributed by atoms with Gasteiger partial charge >= 0.3 is 0 Å². The molecule has 118 valence electrons. The zero-order valence-corrected chi connectivity index (χ0v) is 13.0. The van der Waals surface area contributed by atoms with Crippen LogP contribution in [-0.4, -0.2) is 13.3 Å². The molecule has 0 aliphatic carbocycles. The molecule has 0 saturated carbocycles. The highest BCUT2D eigenvalue weighted by molar-refractivity contribution is 7.92. The molecule has 0 amide bonds. The van der Waals surface area contributed by atoms with E-state index in [-0.39, 0.29) is 15.8 Å². The lowest BCUT2D eigenvalue weighted by Gasteiger charge is -2.06. The van der Waals surface area contributed by atoms with Crippen molar-refractivity contribution in [3.8, 4) is 0 Å². The molecule has 0 saturated heterocycles. The van der Waals surface area contributed by atoms with Crippen LogP contribution < -0.4 is 4.72 Å². The minimum atomic E-state index is -4.13. The summed E-state index contributed by atoms with van der Waals surface area (Å²) in [6.07, 6.45) is 0. The third-order valence-corrected chi connectivity index (χ3v) is 4.52. The number of fused-ring (bicyclic) bond motifs is 1. The third kappa shape index (κ3) is 2.99. The Bertz CT molecular complexity index is 980. The van der Waals surface area contributed by atoms with Crippen molar-refractivity contribution in [3.05, 3.63) is 63.7 Å². The van der Waals surface area contributed by atoms with E-state index < -0.39 is 20.6 Å². The van der Waals surface area contributed by atoms with Crippen LogP contribution in [0, 0.1) is 10.1 Å². The first kappa shape index (κ1) is 15.3. The van der Waals surface area contributed by atoms with Crippen molar-refractivity contribution in [1.29, 1.82) is 0 Å². The molecule has 0 aliphatic heterocycles. The van der Waals surface area contributed by atoms with Crippen molar-refractivity contribution in [2.24, 2.45) is 0 Å². The van der Waals surface area contributed by atoms with Gasteiger partial charge in [0, 0.05) is 22.5 Å². The van der Waals surface area contributed by atoms with E-state index in [1.165, 1.54) is 18.2 Å². The van der Waals surface area contributed by atoms with E-state index in [4.69, 9.17) is 16.0 Å². The Kier molecular flexibility index (Phi) is 3.70. The molecule has 1 aromatic heterocycles. The first-order chi connectivity index (χ1) is 10.9. The van der Waals surface area contributed by atoms with Gasteiger partial charge in [0.05, 0.1) is 4.92 Å². The fourth-order valence-corrected chi connectivity index (χ4v) is 3.24. The molecule has 3 rings (SSSR count). The quantitative estimate of drug-likeness (QED) is 0.568. The number of nitro benzene ring substituents is 1. The largest absolute Gasteiger partial charge is 0.443 e. The summed E-state index contributed by atoms with van der Waals surface area (Å²) in [5, 5.41) is 11.4. The Morgan fingerprint density at radius 2 is 1.87 bits per heavy atom. The Morgan fingerprint density at radius 3 is 2.57 bits per heavy atom. The van der Waals surface area contributed by atoms with Crippen molar-refractivity contribution in [1.82, 2.24) is 0 Å². The van der Waals surface area contributed by atoms with E-state index in [9.17, 15) is 18.5 Å². The average Bonchev–Trinajstić information content (AvgIpc) is 2.91. The number of para-hydroxylation sites is 1. The SMILES string of the molecule is O=[N+]([O-])c1ccc(Cl)cc1NS(=O)(=O)c1cc2ccccc2o1. The van der Waals surface area contributed by atoms with E-state index in [1.807, 2.05) is 0 Å². The van der Waals surface area contributed by atoms with Crippen LogP contribution in [0.15, 0.2) is 58.0 Å². The molecule has 0 aliphatic rings. The predicted molar refractivity (Wildman–Crippen MR) is 85.1 cm³/mol. The van der Waals surface area contributed by atoms with Gasteiger partial charge in [0.15, 0.2) is 0 Å². The molecular formula is C14H9ClN2O5S. The highest BCUT2D eigenvalue weighted by Gasteiger charge is 2.24. The van der Waals surface area contributed by atoms with E-state index in [2.05, 4.69) is 4.72 Å². The van der Waals surface area contributed by atoms with Crippen LogP contribution in [0.4, 0.5) is 11.4 Å².